The molecular formula is C21H26Cl2N2O3. The van der Waals surface area contributed by atoms with Crippen molar-refractivity contribution < 1.29 is 14.3 Å². The molecule has 1 aliphatic carbocycles. The van der Waals surface area contributed by atoms with Crippen LogP contribution in [0.5, 0.6) is 0 Å². The molecule has 0 spiro atoms. The van der Waals surface area contributed by atoms with Crippen molar-refractivity contribution >= 4 is 35.0 Å². The van der Waals surface area contributed by atoms with Crippen molar-refractivity contribution in [3.63, 3.8) is 0 Å². The molecule has 152 valence electrons. The lowest BCUT2D eigenvalue weighted by Gasteiger charge is -2.43. The molecule has 3 aliphatic rings. The van der Waals surface area contributed by atoms with Crippen LogP contribution in [-0.2, 0) is 19.7 Å². The van der Waals surface area contributed by atoms with Crippen molar-refractivity contribution in [2.75, 3.05) is 26.3 Å². The molecule has 1 saturated carbocycles. The van der Waals surface area contributed by atoms with Crippen LogP contribution in [0.3, 0.4) is 0 Å². The maximum atomic E-state index is 13.8. The number of piperidine rings is 1. The number of nitrogens with zero attached hydrogens (tertiary/aromatic N) is 1. The fourth-order valence-electron chi connectivity index (χ4n) is 4.42. The van der Waals surface area contributed by atoms with Gasteiger partial charge in [0.05, 0.1) is 11.3 Å². The highest BCUT2D eigenvalue weighted by Crippen LogP contribution is 2.41. The molecule has 5 nitrogen and oxygen atoms in total. The predicted molar refractivity (Wildman–Crippen MR) is 109 cm³/mol. The third-order valence-electron chi connectivity index (χ3n) is 6.21. The Balaban J connectivity index is 1.57. The van der Waals surface area contributed by atoms with E-state index in [0.29, 0.717) is 55.2 Å². The molecule has 2 aliphatic heterocycles. The van der Waals surface area contributed by atoms with Gasteiger partial charge in [0.25, 0.3) is 0 Å². The van der Waals surface area contributed by atoms with E-state index in [2.05, 4.69) is 5.32 Å². The van der Waals surface area contributed by atoms with Gasteiger partial charge in [-0.25, -0.2) is 0 Å². The summed E-state index contributed by atoms with van der Waals surface area (Å²) in [6.45, 7) is 2.19. The Hall–Kier alpha value is -1.30. The van der Waals surface area contributed by atoms with Crippen molar-refractivity contribution in [3.05, 3.63) is 33.8 Å². The summed E-state index contributed by atoms with van der Waals surface area (Å²) < 4.78 is 5.55. The number of carbonyl (C=O) groups is 2. The molecule has 2 heterocycles. The topological polar surface area (TPSA) is 58.6 Å². The molecule has 2 amide bonds. The monoisotopic (exact) mass is 424 g/mol. The van der Waals surface area contributed by atoms with Gasteiger partial charge in [-0.15, -0.1) is 0 Å². The lowest BCUT2D eigenvalue weighted by atomic mass is 9.72. The highest BCUT2D eigenvalue weighted by molar-refractivity contribution is 6.35. The fourth-order valence-corrected chi connectivity index (χ4v) is 5.01. The number of hydrogen-bond acceptors (Lipinski definition) is 3. The predicted octanol–water partition coefficient (Wildman–Crippen LogP) is 3.56. The Morgan fingerprint density at radius 2 is 1.89 bits per heavy atom. The zero-order valence-corrected chi connectivity index (χ0v) is 17.4. The largest absolute Gasteiger partial charge is 0.381 e. The van der Waals surface area contributed by atoms with E-state index in [1.807, 2.05) is 11.0 Å². The van der Waals surface area contributed by atoms with Crippen molar-refractivity contribution in [2.24, 2.45) is 5.92 Å². The van der Waals surface area contributed by atoms with Gasteiger partial charge in [0.15, 0.2) is 0 Å². The van der Waals surface area contributed by atoms with Gasteiger partial charge >= 0.3 is 0 Å². The highest BCUT2D eigenvalue weighted by atomic mass is 35.5. The molecule has 0 radical (unpaired) electrons. The first kappa shape index (κ1) is 20.0. The van der Waals surface area contributed by atoms with Gasteiger partial charge in [0, 0.05) is 42.4 Å². The molecular weight excluding hydrogens is 399 g/mol. The summed E-state index contributed by atoms with van der Waals surface area (Å²) >= 11 is 12.6. The van der Waals surface area contributed by atoms with Crippen LogP contribution in [0.15, 0.2) is 18.2 Å². The molecule has 0 aromatic heterocycles. The second-order valence-corrected chi connectivity index (χ2v) is 9.04. The first-order valence-corrected chi connectivity index (χ1v) is 10.9. The number of halogens is 2. The number of likely N-dealkylation sites (tertiary alicyclic amines) is 1. The minimum absolute atomic E-state index is 0.0592. The fraction of sp³-hybridized carbons (Fsp3) is 0.619. The van der Waals surface area contributed by atoms with Gasteiger partial charge in [-0.3, -0.25) is 9.59 Å². The Kier molecular flexibility index (Phi) is 5.86. The molecule has 3 fully saturated rings. The second-order valence-electron chi connectivity index (χ2n) is 8.19. The molecule has 7 heteroatoms. The van der Waals surface area contributed by atoms with Crippen molar-refractivity contribution in [1.82, 2.24) is 10.2 Å². The lowest BCUT2D eigenvalue weighted by Crippen LogP contribution is -2.54. The molecule has 1 N–H and O–H groups in total. The normalized spacial score (nSPS) is 24.6. The van der Waals surface area contributed by atoms with Crippen LogP contribution in [0, 0.1) is 5.92 Å². The van der Waals surface area contributed by atoms with E-state index < -0.39 is 5.41 Å². The van der Waals surface area contributed by atoms with E-state index in [-0.39, 0.29) is 17.7 Å². The van der Waals surface area contributed by atoms with Crippen LogP contribution >= 0.6 is 23.2 Å². The van der Waals surface area contributed by atoms with E-state index in [1.165, 1.54) is 0 Å². The third-order valence-corrected chi connectivity index (χ3v) is 6.75. The number of benzene rings is 1. The summed E-state index contributed by atoms with van der Waals surface area (Å²) in [6.07, 6.45) is 4.99. The summed E-state index contributed by atoms with van der Waals surface area (Å²) in [4.78, 5) is 28.2. The number of rotatable bonds is 4. The standard InChI is InChI=1S/C21H26Cl2N2O3/c22-15-3-6-17(18(23)12-15)21(7-10-28-11-8-21)20(27)25-9-1-2-14(13-25)19(26)24-16-4-5-16/h3,6,12,14,16H,1-2,4-5,7-11,13H2,(H,24,26)/t14-/m0/s1. The smallest absolute Gasteiger partial charge is 0.233 e. The molecule has 0 unspecified atom stereocenters. The lowest BCUT2D eigenvalue weighted by molar-refractivity contribution is -0.144. The van der Waals surface area contributed by atoms with Gasteiger partial charge in [-0.1, -0.05) is 29.3 Å². The van der Waals surface area contributed by atoms with Gasteiger partial charge < -0.3 is 15.0 Å². The molecule has 1 aromatic carbocycles. The number of carbonyl (C=O) groups excluding carboxylic acids is 2. The van der Waals surface area contributed by atoms with Crippen molar-refractivity contribution in [1.29, 1.82) is 0 Å². The summed E-state index contributed by atoms with van der Waals surface area (Å²) in [5.41, 5.74) is 0.103. The molecule has 0 bridgehead atoms. The summed E-state index contributed by atoms with van der Waals surface area (Å²) in [5, 5.41) is 4.16. The Morgan fingerprint density at radius 3 is 2.57 bits per heavy atom. The SMILES string of the molecule is O=C(NC1CC1)[C@H]1CCCN(C(=O)C2(c3ccc(Cl)cc3Cl)CCOCC2)C1. The van der Waals surface area contributed by atoms with Gasteiger partial charge in [-0.05, 0) is 56.2 Å². The van der Waals surface area contributed by atoms with E-state index in [0.717, 1.165) is 31.2 Å². The summed E-state index contributed by atoms with van der Waals surface area (Å²) in [7, 11) is 0. The van der Waals surface area contributed by atoms with Gasteiger partial charge in [0.2, 0.25) is 11.8 Å². The summed E-state index contributed by atoms with van der Waals surface area (Å²) in [6, 6.07) is 5.70. The summed E-state index contributed by atoms with van der Waals surface area (Å²) in [5.74, 6) is 0.0189. The molecule has 2 saturated heterocycles. The third kappa shape index (κ3) is 4.03. The minimum Gasteiger partial charge on any atom is -0.381 e. The number of hydrogen-bond donors (Lipinski definition) is 1. The van der Waals surface area contributed by atoms with E-state index in [9.17, 15) is 9.59 Å². The number of nitrogens with one attached hydrogen (secondary N) is 1. The quantitative estimate of drug-likeness (QED) is 0.803. The average Bonchev–Trinajstić information content (AvgIpc) is 3.52. The second kappa shape index (κ2) is 8.21. The van der Waals surface area contributed by atoms with Crippen LogP contribution in [0.25, 0.3) is 0 Å². The highest BCUT2D eigenvalue weighted by Gasteiger charge is 2.46. The Labute approximate surface area is 175 Å². The maximum Gasteiger partial charge on any atom is 0.233 e. The average molecular weight is 425 g/mol. The van der Waals surface area contributed by atoms with E-state index in [4.69, 9.17) is 27.9 Å². The van der Waals surface area contributed by atoms with Gasteiger partial charge in [-0.2, -0.15) is 0 Å². The minimum atomic E-state index is -0.714. The number of ether oxygens (including phenoxy) is 1. The van der Waals surface area contributed by atoms with Crippen molar-refractivity contribution in [2.45, 2.75) is 50.0 Å². The molecule has 28 heavy (non-hydrogen) atoms. The first-order chi connectivity index (χ1) is 13.5. The number of amides is 2. The molecule has 4 rings (SSSR count). The first-order valence-electron chi connectivity index (χ1n) is 10.1. The van der Waals surface area contributed by atoms with Crippen LogP contribution in [0.4, 0.5) is 0 Å². The maximum absolute atomic E-state index is 13.8. The van der Waals surface area contributed by atoms with E-state index in [1.54, 1.807) is 12.1 Å². The Morgan fingerprint density at radius 1 is 1.14 bits per heavy atom. The Bertz CT molecular complexity index is 760. The van der Waals surface area contributed by atoms with Crippen LogP contribution in [0.2, 0.25) is 10.0 Å². The van der Waals surface area contributed by atoms with E-state index >= 15 is 0 Å². The molecule has 1 atom stereocenters. The van der Waals surface area contributed by atoms with Gasteiger partial charge in [0.1, 0.15) is 0 Å². The van der Waals surface area contributed by atoms with Crippen LogP contribution in [-0.4, -0.2) is 49.1 Å². The van der Waals surface area contributed by atoms with Crippen LogP contribution < -0.4 is 5.32 Å². The zero-order chi connectivity index (χ0) is 19.7. The van der Waals surface area contributed by atoms with Crippen LogP contribution in [0.1, 0.15) is 44.1 Å². The van der Waals surface area contributed by atoms with Crippen molar-refractivity contribution in [3.8, 4) is 0 Å². The molecule has 1 aromatic rings. The zero-order valence-electron chi connectivity index (χ0n) is 15.9.